The topological polar surface area (TPSA) is 42.1 Å². The lowest BCUT2D eigenvalue weighted by atomic mass is 10.6. The summed E-state index contributed by atoms with van der Waals surface area (Å²) in [6.45, 7) is 6.50. The minimum Gasteiger partial charge on any atom is -0.362 e. The number of aromatic nitrogens is 2. The molecule has 1 N–H and O–H groups in total. The summed E-state index contributed by atoms with van der Waals surface area (Å²) in [6, 6.07) is 1.26. The summed E-state index contributed by atoms with van der Waals surface area (Å²) in [6.07, 6.45) is 0. The van der Waals surface area contributed by atoms with E-state index in [-0.39, 0.29) is 11.4 Å². The van der Waals surface area contributed by atoms with Gasteiger partial charge in [0.25, 0.3) is 11.4 Å². The summed E-state index contributed by atoms with van der Waals surface area (Å²) in [7, 11) is 1.57. The Morgan fingerprint density at radius 2 is 2.56 bits per heavy atom. The molecule has 0 radical (unpaired) electrons. The van der Waals surface area contributed by atoms with E-state index >= 15 is 0 Å². The molecule has 0 aromatic carbocycles. The summed E-state index contributed by atoms with van der Waals surface area (Å²) in [4.78, 5) is 13.6. The van der Waals surface area contributed by atoms with Crippen LogP contribution in [-0.4, -0.2) is 9.78 Å². The Kier molecular flexibility index (Phi) is 1.12. The lowest BCUT2D eigenvalue weighted by Crippen LogP contribution is -2.09. The smallest absolute Gasteiger partial charge is 0.271 e. The molecule has 0 saturated heterocycles. The number of rotatable bonds is 0. The van der Waals surface area contributed by atoms with Crippen molar-refractivity contribution >= 4 is 5.82 Å². The van der Waals surface area contributed by atoms with E-state index in [2.05, 4.69) is 9.94 Å². The van der Waals surface area contributed by atoms with Gasteiger partial charge in [-0.1, -0.05) is 6.57 Å². The Bertz CT molecular complexity index is 301. The molecule has 0 spiro atoms. The number of aryl methyl sites for hydroxylation is 1. The van der Waals surface area contributed by atoms with Crippen LogP contribution in [0, 0.1) is 6.57 Å². The molecule has 4 nitrogen and oxygen atoms in total. The number of hydrogen-bond donors (Lipinski definition) is 1. The third kappa shape index (κ3) is 0.842. The zero-order chi connectivity index (χ0) is 6.85. The van der Waals surface area contributed by atoms with Crippen molar-refractivity contribution in [2.24, 2.45) is 7.05 Å². The molecule has 4 heteroatoms. The van der Waals surface area contributed by atoms with Gasteiger partial charge in [-0.25, -0.2) is 5.10 Å². The first-order valence-corrected chi connectivity index (χ1v) is 2.37. The molecule has 0 aliphatic rings. The molecule has 0 fully saturated rings. The normalized spacial score (nSPS) is 8.89. The van der Waals surface area contributed by atoms with Crippen molar-refractivity contribution < 1.29 is 0 Å². The van der Waals surface area contributed by atoms with Gasteiger partial charge in [0.05, 0.1) is 0 Å². The molecule has 1 aromatic heterocycles. The maximum Gasteiger partial charge on any atom is 0.271 e. The fraction of sp³-hybridized carbons (Fsp3) is 0.200. The molecule has 9 heavy (non-hydrogen) atoms. The third-order valence-electron chi connectivity index (χ3n) is 0.993. The van der Waals surface area contributed by atoms with Crippen LogP contribution >= 0.6 is 0 Å². The van der Waals surface area contributed by atoms with Gasteiger partial charge in [0, 0.05) is 13.1 Å². The van der Waals surface area contributed by atoms with E-state index in [4.69, 9.17) is 6.57 Å². The van der Waals surface area contributed by atoms with E-state index in [1.165, 1.54) is 10.7 Å². The fourth-order valence-corrected chi connectivity index (χ4v) is 0.530. The lowest BCUT2D eigenvalue weighted by molar-refractivity contribution is 0.744. The van der Waals surface area contributed by atoms with Crippen LogP contribution in [0.2, 0.25) is 0 Å². The predicted molar refractivity (Wildman–Crippen MR) is 32.3 cm³/mol. The van der Waals surface area contributed by atoms with E-state index in [0.717, 1.165) is 0 Å². The van der Waals surface area contributed by atoms with Crippen molar-refractivity contribution in [3.05, 3.63) is 27.8 Å². The van der Waals surface area contributed by atoms with Crippen molar-refractivity contribution in [1.29, 1.82) is 0 Å². The summed E-state index contributed by atoms with van der Waals surface area (Å²) in [5, 5.41) is 2.54. The lowest BCUT2D eigenvalue weighted by Gasteiger charge is -1.79. The highest BCUT2D eigenvalue weighted by Crippen LogP contribution is 1.99. The first-order valence-electron chi connectivity index (χ1n) is 2.37. The van der Waals surface area contributed by atoms with Crippen LogP contribution < -0.4 is 5.56 Å². The highest BCUT2D eigenvalue weighted by molar-refractivity contribution is 5.32. The highest BCUT2D eigenvalue weighted by Gasteiger charge is 1.95. The van der Waals surface area contributed by atoms with Gasteiger partial charge in [0.2, 0.25) is 0 Å². The van der Waals surface area contributed by atoms with Crippen LogP contribution in [0.25, 0.3) is 4.85 Å². The van der Waals surface area contributed by atoms with Crippen LogP contribution in [0.5, 0.6) is 0 Å². The average molecular weight is 123 g/mol. The number of nitrogens with one attached hydrogen (secondary N) is 1. The third-order valence-corrected chi connectivity index (χ3v) is 0.993. The Morgan fingerprint density at radius 3 is 2.78 bits per heavy atom. The zero-order valence-electron chi connectivity index (χ0n) is 4.88. The van der Waals surface area contributed by atoms with Crippen LogP contribution in [0.1, 0.15) is 0 Å². The molecular weight excluding hydrogens is 118 g/mol. The van der Waals surface area contributed by atoms with Gasteiger partial charge in [-0.2, -0.15) is 4.68 Å². The van der Waals surface area contributed by atoms with Gasteiger partial charge in [-0.05, 0) is 0 Å². The van der Waals surface area contributed by atoms with Crippen molar-refractivity contribution in [2.45, 2.75) is 0 Å². The molecule has 0 atom stereocenters. The zero-order valence-corrected chi connectivity index (χ0v) is 4.88. The number of aromatic amines is 1. The number of hydrogen-bond acceptors (Lipinski definition) is 1. The van der Waals surface area contributed by atoms with Crippen LogP contribution in [0.15, 0.2) is 10.9 Å². The Hall–Kier alpha value is -1.50. The van der Waals surface area contributed by atoms with E-state index in [9.17, 15) is 4.79 Å². The molecule has 0 aliphatic heterocycles. The minimum atomic E-state index is -0.180. The van der Waals surface area contributed by atoms with Crippen molar-refractivity contribution in [3.63, 3.8) is 0 Å². The van der Waals surface area contributed by atoms with Gasteiger partial charge >= 0.3 is 0 Å². The van der Waals surface area contributed by atoms with E-state index in [0.29, 0.717) is 0 Å². The average Bonchev–Trinajstić information content (AvgIpc) is 2.13. The van der Waals surface area contributed by atoms with Gasteiger partial charge in [-0.3, -0.25) is 4.79 Å². The van der Waals surface area contributed by atoms with E-state index in [1.807, 2.05) is 0 Å². The SMILES string of the molecule is [C-]#[N+]c1cc(=O)n(C)[nH]1. The quantitative estimate of drug-likeness (QED) is 0.494. The monoisotopic (exact) mass is 123 g/mol. The summed E-state index contributed by atoms with van der Waals surface area (Å²) in [5.41, 5.74) is -0.180. The molecule has 1 rings (SSSR count). The molecule has 1 aromatic rings. The maximum absolute atomic E-state index is 10.6. The van der Waals surface area contributed by atoms with Crippen molar-refractivity contribution in [2.75, 3.05) is 0 Å². The van der Waals surface area contributed by atoms with Gasteiger partial charge in [0.15, 0.2) is 0 Å². The molecule has 0 amide bonds. The Balaban J connectivity index is 3.33. The van der Waals surface area contributed by atoms with Gasteiger partial charge in [0.1, 0.15) is 0 Å². The minimum absolute atomic E-state index is 0.180. The molecule has 0 aliphatic carbocycles. The molecule has 1 heterocycles. The van der Waals surface area contributed by atoms with Gasteiger partial charge in [-0.15, -0.1) is 0 Å². The number of nitrogens with zero attached hydrogens (tertiary/aromatic N) is 2. The van der Waals surface area contributed by atoms with E-state index in [1.54, 1.807) is 7.05 Å². The molecule has 0 bridgehead atoms. The van der Waals surface area contributed by atoms with Crippen molar-refractivity contribution in [3.8, 4) is 0 Å². The van der Waals surface area contributed by atoms with Crippen LogP contribution in [0.3, 0.4) is 0 Å². The first-order chi connectivity index (χ1) is 4.24. The molecule has 0 saturated carbocycles. The van der Waals surface area contributed by atoms with Crippen molar-refractivity contribution in [1.82, 2.24) is 9.78 Å². The molecular formula is C5H5N3O. The Morgan fingerprint density at radius 1 is 1.89 bits per heavy atom. The Labute approximate surface area is 51.5 Å². The van der Waals surface area contributed by atoms with Gasteiger partial charge < -0.3 is 4.85 Å². The second-order valence-electron chi connectivity index (χ2n) is 1.65. The molecule has 46 valence electrons. The maximum atomic E-state index is 10.6. The van der Waals surface area contributed by atoms with E-state index < -0.39 is 0 Å². The second-order valence-corrected chi connectivity index (χ2v) is 1.65. The predicted octanol–water partition coefficient (Wildman–Crippen LogP) is 0.264. The molecule has 0 unspecified atom stereocenters. The summed E-state index contributed by atoms with van der Waals surface area (Å²) in [5.74, 6) is 0.280. The second kappa shape index (κ2) is 1.78. The summed E-state index contributed by atoms with van der Waals surface area (Å²) < 4.78 is 1.26. The largest absolute Gasteiger partial charge is 0.362 e. The highest BCUT2D eigenvalue weighted by atomic mass is 16.1. The standard InChI is InChI=1S/C5H5N3O/c1-6-4-3-5(9)8(2)7-4/h3,7H,2H3. The fourth-order valence-electron chi connectivity index (χ4n) is 0.530. The first kappa shape index (κ1) is 5.63. The van der Waals surface area contributed by atoms with Crippen LogP contribution in [-0.2, 0) is 7.05 Å². The summed E-state index contributed by atoms with van der Waals surface area (Å²) >= 11 is 0. The number of H-pyrrole nitrogens is 1. The van der Waals surface area contributed by atoms with Crippen LogP contribution in [0.4, 0.5) is 5.82 Å².